The van der Waals surface area contributed by atoms with Gasteiger partial charge in [0.25, 0.3) is 0 Å². The molecule has 0 fully saturated rings. The molecular formula is C19H13Br. The third-order valence-corrected chi connectivity index (χ3v) is 4.70. The van der Waals surface area contributed by atoms with Crippen LogP contribution in [0.15, 0.2) is 71.2 Å². The third kappa shape index (κ3) is 1.82. The molecule has 1 aliphatic carbocycles. The van der Waals surface area contributed by atoms with Crippen LogP contribution < -0.4 is 0 Å². The molecule has 0 saturated carbocycles. The summed E-state index contributed by atoms with van der Waals surface area (Å²) < 4.78 is 1.16. The maximum atomic E-state index is 3.65. The Morgan fingerprint density at radius 2 is 1.75 bits per heavy atom. The minimum Gasteiger partial charge on any atom is -0.0720 e. The van der Waals surface area contributed by atoms with E-state index in [0.29, 0.717) is 5.92 Å². The summed E-state index contributed by atoms with van der Waals surface area (Å²) in [6.07, 6.45) is 4.52. The molecule has 20 heavy (non-hydrogen) atoms. The van der Waals surface area contributed by atoms with Crippen LogP contribution in [0.4, 0.5) is 0 Å². The van der Waals surface area contributed by atoms with Crippen LogP contribution in [0.5, 0.6) is 0 Å². The number of benzene rings is 3. The number of halogens is 1. The number of hydrogen-bond acceptors (Lipinski definition) is 0. The minimum atomic E-state index is 0.378. The SMILES string of the molecule is Brc1cccc2ccc(C3C=Cc4ccccc43)cc12. The van der Waals surface area contributed by atoms with E-state index in [1.54, 1.807) is 0 Å². The standard InChI is InChI=1S/C19H13Br/c20-19-7-3-5-14-8-9-15(12-18(14)19)17-11-10-13-4-1-2-6-16(13)17/h1-12,17H. The van der Waals surface area contributed by atoms with Crippen molar-refractivity contribution in [2.45, 2.75) is 5.92 Å². The summed E-state index contributed by atoms with van der Waals surface area (Å²) in [6, 6.07) is 21.7. The first-order chi connectivity index (χ1) is 9.83. The fourth-order valence-electron chi connectivity index (χ4n) is 2.99. The highest BCUT2D eigenvalue weighted by Gasteiger charge is 2.18. The lowest BCUT2D eigenvalue weighted by atomic mass is 9.91. The fourth-order valence-corrected chi connectivity index (χ4v) is 3.48. The van der Waals surface area contributed by atoms with Crippen molar-refractivity contribution >= 4 is 32.8 Å². The summed E-state index contributed by atoms with van der Waals surface area (Å²) in [5, 5.41) is 2.56. The summed E-state index contributed by atoms with van der Waals surface area (Å²) >= 11 is 3.65. The van der Waals surface area contributed by atoms with E-state index in [-0.39, 0.29) is 0 Å². The Balaban J connectivity index is 1.88. The molecule has 0 nitrogen and oxygen atoms in total. The van der Waals surface area contributed by atoms with Gasteiger partial charge in [0.2, 0.25) is 0 Å². The normalized spacial score (nSPS) is 16.6. The van der Waals surface area contributed by atoms with Crippen LogP contribution in [0.2, 0.25) is 0 Å². The first-order valence-electron chi connectivity index (χ1n) is 6.78. The molecule has 3 aromatic carbocycles. The topological polar surface area (TPSA) is 0 Å². The summed E-state index contributed by atoms with van der Waals surface area (Å²) in [6.45, 7) is 0. The molecule has 96 valence electrons. The second-order valence-corrected chi connectivity index (χ2v) is 6.04. The van der Waals surface area contributed by atoms with Crippen molar-refractivity contribution in [2.24, 2.45) is 0 Å². The van der Waals surface area contributed by atoms with E-state index in [2.05, 4.69) is 88.7 Å². The Bertz CT molecular complexity index is 830. The first kappa shape index (κ1) is 11.9. The van der Waals surface area contributed by atoms with Crippen LogP contribution in [-0.2, 0) is 0 Å². The van der Waals surface area contributed by atoms with Crippen LogP contribution in [0.25, 0.3) is 16.8 Å². The van der Waals surface area contributed by atoms with Crippen molar-refractivity contribution in [3.8, 4) is 0 Å². The molecule has 1 atom stereocenters. The van der Waals surface area contributed by atoms with Crippen molar-refractivity contribution in [2.75, 3.05) is 0 Å². The number of allylic oxidation sites excluding steroid dienone is 1. The highest BCUT2D eigenvalue weighted by atomic mass is 79.9. The van der Waals surface area contributed by atoms with Gasteiger partial charge in [-0.15, -0.1) is 0 Å². The lowest BCUT2D eigenvalue weighted by molar-refractivity contribution is 1.05. The number of fused-ring (bicyclic) bond motifs is 2. The van der Waals surface area contributed by atoms with Crippen molar-refractivity contribution in [3.05, 3.63) is 87.9 Å². The maximum Gasteiger partial charge on any atom is 0.0278 e. The average Bonchev–Trinajstić information content (AvgIpc) is 2.91. The molecule has 0 radical (unpaired) electrons. The van der Waals surface area contributed by atoms with Crippen molar-refractivity contribution < 1.29 is 0 Å². The number of rotatable bonds is 1. The maximum absolute atomic E-state index is 3.65. The molecular weight excluding hydrogens is 308 g/mol. The predicted molar refractivity (Wildman–Crippen MR) is 89.0 cm³/mol. The van der Waals surface area contributed by atoms with E-state index in [4.69, 9.17) is 0 Å². The average molecular weight is 321 g/mol. The van der Waals surface area contributed by atoms with Gasteiger partial charge in [0, 0.05) is 10.4 Å². The molecule has 1 aliphatic rings. The lowest BCUT2D eigenvalue weighted by Gasteiger charge is -2.13. The predicted octanol–water partition coefficient (Wildman–Crippen LogP) is 5.76. The zero-order valence-corrected chi connectivity index (χ0v) is 12.5. The molecule has 0 amide bonds. The van der Waals surface area contributed by atoms with E-state index in [0.717, 1.165) is 4.47 Å². The van der Waals surface area contributed by atoms with E-state index in [1.807, 2.05) is 0 Å². The van der Waals surface area contributed by atoms with Crippen LogP contribution in [0.1, 0.15) is 22.6 Å². The van der Waals surface area contributed by atoms with Crippen LogP contribution in [0, 0.1) is 0 Å². The van der Waals surface area contributed by atoms with Crippen molar-refractivity contribution in [1.29, 1.82) is 0 Å². The molecule has 1 heteroatoms. The first-order valence-corrected chi connectivity index (χ1v) is 7.57. The van der Waals surface area contributed by atoms with Gasteiger partial charge in [-0.2, -0.15) is 0 Å². The Labute approximate surface area is 126 Å². The second kappa shape index (κ2) is 4.60. The van der Waals surface area contributed by atoms with Crippen LogP contribution in [-0.4, -0.2) is 0 Å². The smallest absolute Gasteiger partial charge is 0.0278 e. The molecule has 0 N–H and O–H groups in total. The molecule has 0 saturated heterocycles. The summed E-state index contributed by atoms with van der Waals surface area (Å²) in [4.78, 5) is 0. The van der Waals surface area contributed by atoms with Crippen LogP contribution >= 0.6 is 15.9 Å². The van der Waals surface area contributed by atoms with Gasteiger partial charge in [-0.3, -0.25) is 0 Å². The lowest BCUT2D eigenvalue weighted by Crippen LogP contribution is -1.95. The van der Waals surface area contributed by atoms with Crippen molar-refractivity contribution in [1.82, 2.24) is 0 Å². The molecule has 0 bridgehead atoms. The third-order valence-electron chi connectivity index (χ3n) is 4.01. The van der Waals surface area contributed by atoms with Gasteiger partial charge < -0.3 is 0 Å². The largest absolute Gasteiger partial charge is 0.0720 e. The Kier molecular flexibility index (Phi) is 2.75. The Morgan fingerprint density at radius 1 is 0.850 bits per heavy atom. The highest BCUT2D eigenvalue weighted by Crippen LogP contribution is 2.37. The number of hydrogen-bond donors (Lipinski definition) is 0. The monoisotopic (exact) mass is 320 g/mol. The summed E-state index contributed by atoms with van der Waals surface area (Å²) in [5.41, 5.74) is 4.09. The fraction of sp³-hybridized carbons (Fsp3) is 0.0526. The summed E-state index contributed by atoms with van der Waals surface area (Å²) in [5.74, 6) is 0.378. The van der Waals surface area contributed by atoms with E-state index >= 15 is 0 Å². The van der Waals surface area contributed by atoms with Crippen molar-refractivity contribution in [3.63, 3.8) is 0 Å². The second-order valence-electron chi connectivity index (χ2n) is 5.19. The zero-order chi connectivity index (χ0) is 13.5. The molecule has 0 heterocycles. The molecule has 0 aliphatic heterocycles. The quantitative estimate of drug-likeness (QED) is 0.534. The highest BCUT2D eigenvalue weighted by molar-refractivity contribution is 9.10. The minimum absolute atomic E-state index is 0.378. The van der Waals surface area contributed by atoms with Gasteiger partial charge in [0.15, 0.2) is 0 Å². The van der Waals surface area contributed by atoms with Gasteiger partial charge in [0.1, 0.15) is 0 Å². The van der Waals surface area contributed by atoms with Gasteiger partial charge in [-0.05, 0) is 39.6 Å². The molecule has 4 rings (SSSR count). The molecule has 1 unspecified atom stereocenters. The zero-order valence-electron chi connectivity index (χ0n) is 10.9. The van der Waals surface area contributed by atoms with E-state index in [1.165, 1.54) is 27.5 Å². The molecule has 3 aromatic rings. The van der Waals surface area contributed by atoms with Crippen LogP contribution in [0.3, 0.4) is 0 Å². The van der Waals surface area contributed by atoms with E-state index in [9.17, 15) is 0 Å². The van der Waals surface area contributed by atoms with Gasteiger partial charge in [-0.1, -0.05) is 76.6 Å². The van der Waals surface area contributed by atoms with E-state index < -0.39 is 0 Å². The molecule has 0 spiro atoms. The Hall–Kier alpha value is -1.86. The van der Waals surface area contributed by atoms with Gasteiger partial charge >= 0.3 is 0 Å². The van der Waals surface area contributed by atoms with Gasteiger partial charge in [0.05, 0.1) is 0 Å². The molecule has 0 aromatic heterocycles. The van der Waals surface area contributed by atoms with Gasteiger partial charge in [-0.25, -0.2) is 0 Å². The summed E-state index contributed by atoms with van der Waals surface area (Å²) in [7, 11) is 0. The Morgan fingerprint density at radius 3 is 2.70 bits per heavy atom.